The summed E-state index contributed by atoms with van der Waals surface area (Å²) in [7, 11) is 3.16. The van der Waals surface area contributed by atoms with E-state index in [4.69, 9.17) is 9.47 Å². The Morgan fingerprint density at radius 2 is 1.95 bits per heavy atom. The maximum Gasteiger partial charge on any atom is 0.165 e. The number of ether oxygens (including phenoxy) is 2. The Balaban J connectivity index is 2.10. The molecule has 0 aliphatic rings. The van der Waals surface area contributed by atoms with Crippen LogP contribution in [-0.4, -0.2) is 19.2 Å². The molecule has 0 radical (unpaired) electrons. The number of nitrogens with one attached hydrogen (secondary N) is 1. The first-order valence-corrected chi connectivity index (χ1v) is 5.80. The summed E-state index contributed by atoms with van der Waals surface area (Å²) < 4.78 is 23.8. The Bertz CT molecular complexity index is 561. The molecule has 0 unspecified atom stereocenters. The lowest BCUT2D eigenvalue weighted by Gasteiger charge is -2.10. The van der Waals surface area contributed by atoms with Crippen molar-refractivity contribution in [3.05, 3.63) is 47.9 Å². The largest absolute Gasteiger partial charge is 0.493 e. The average Bonchev–Trinajstić information content (AvgIpc) is 2.46. The van der Waals surface area contributed by atoms with E-state index in [9.17, 15) is 4.39 Å². The van der Waals surface area contributed by atoms with Crippen LogP contribution in [0.1, 0.15) is 5.56 Å². The molecule has 2 aromatic rings. The van der Waals surface area contributed by atoms with Crippen LogP contribution in [0.3, 0.4) is 0 Å². The molecule has 0 atom stereocenters. The number of aromatic nitrogens is 1. The number of pyridine rings is 1. The first kappa shape index (κ1) is 13.1. The summed E-state index contributed by atoms with van der Waals surface area (Å²) in [5.41, 5.74) is 0.947. The van der Waals surface area contributed by atoms with Crippen molar-refractivity contribution in [2.24, 2.45) is 0 Å². The van der Waals surface area contributed by atoms with Gasteiger partial charge < -0.3 is 14.8 Å². The van der Waals surface area contributed by atoms with Crippen molar-refractivity contribution in [1.82, 2.24) is 4.98 Å². The Morgan fingerprint density at radius 3 is 2.63 bits per heavy atom. The molecule has 0 saturated heterocycles. The molecule has 1 aromatic heterocycles. The third-order valence-corrected chi connectivity index (χ3v) is 2.67. The molecule has 0 fully saturated rings. The van der Waals surface area contributed by atoms with Crippen LogP contribution >= 0.6 is 0 Å². The molecule has 100 valence electrons. The second-order valence-electron chi connectivity index (χ2n) is 3.88. The second kappa shape index (κ2) is 6.04. The molecule has 2 rings (SSSR count). The SMILES string of the molecule is COc1ccc(CNc2ncccc2F)cc1OC. The van der Waals surface area contributed by atoms with Crippen LogP contribution in [0.25, 0.3) is 0 Å². The van der Waals surface area contributed by atoms with E-state index in [1.807, 2.05) is 18.2 Å². The summed E-state index contributed by atoms with van der Waals surface area (Å²) in [5.74, 6) is 1.17. The zero-order valence-corrected chi connectivity index (χ0v) is 10.8. The Hall–Kier alpha value is -2.30. The van der Waals surface area contributed by atoms with Gasteiger partial charge in [-0.3, -0.25) is 0 Å². The third kappa shape index (κ3) is 3.13. The molecule has 4 nitrogen and oxygen atoms in total. The molecule has 19 heavy (non-hydrogen) atoms. The lowest BCUT2D eigenvalue weighted by atomic mass is 10.2. The Kier molecular flexibility index (Phi) is 4.18. The first-order chi connectivity index (χ1) is 9.24. The molecule has 1 heterocycles. The smallest absolute Gasteiger partial charge is 0.165 e. The second-order valence-corrected chi connectivity index (χ2v) is 3.88. The maximum absolute atomic E-state index is 13.4. The summed E-state index contributed by atoms with van der Waals surface area (Å²) >= 11 is 0. The van der Waals surface area contributed by atoms with Crippen LogP contribution in [0.2, 0.25) is 0 Å². The predicted molar refractivity (Wildman–Crippen MR) is 71.1 cm³/mol. The molecule has 0 spiro atoms. The fraction of sp³-hybridized carbons (Fsp3) is 0.214. The molecule has 0 bridgehead atoms. The zero-order valence-electron chi connectivity index (χ0n) is 10.8. The van der Waals surface area contributed by atoms with E-state index in [-0.39, 0.29) is 11.6 Å². The van der Waals surface area contributed by atoms with Gasteiger partial charge in [0.15, 0.2) is 23.1 Å². The van der Waals surface area contributed by atoms with E-state index < -0.39 is 0 Å². The van der Waals surface area contributed by atoms with Gasteiger partial charge in [-0.25, -0.2) is 9.37 Å². The third-order valence-electron chi connectivity index (χ3n) is 2.67. The average molecular weight is 262 g/mol. The molecule has 5 heteroatoms. The van der Waals surface area contributed by atoms with Gasteiger partial charge in [0.1, 0.15) is 0 Å². The van der Waals surface area contributed by atoms with E-state index in [2.05, 4.69) is 10.3 Å². The lowest BCUT2D eigenvalue weighted by Crippen LogP contribution is -2.03. The van der Waals surface area contributed by atoms with E-state index >= 15 is 0 Å². The zero-order chi connectivity index (χ0) is 13.7. The van der Waals surface area contributed by atoms with Crippen LogP contribution in [0, 0.1) is 5.82 Å². The van der Waals surface area contributed by atoms with Gasteiger partial charge in [0.2, 0.25) is 0 Å². The van der Waals surface area contributed by atoms with Crippen molar-refractivity contribution in [2.75, 3.05) is 19.5 Å². The van der Waals surface area contributed by atoms with Gasteiger partial charge >= 0.3 is 0 Å². The van der Waals surface area contributed by atoms with Crippen molar-refractivity contribution >= 4 is 5.82 Å². The molecular weight excluding hydrogens is 247 g/mol. The highest BCUT2D eigenvalue weighted by molar-refractivity contribution is 5.44. The Morgan fingerprint density at radius 1 is 1.16 bits per heavy atom. The van der Waals surface area contributed by atoms with Crippen LogP contribution in [0.5, 0.6) is 11.5 Å². The van der Waals surface area contributed by atoms with Crippen LogP contribution in [0.15, 0.2) is 36.5 Å². The van der Waals surface area contributed by atoms with Gasteiger partial charge in [0, 0.05) is 12.7 Å². The highest BCUT2D eigenvalue weighted by Gasteiger charge is 2.06. The number of methoxy groups -OCH3 is 2. The minimum Gasteiger partial charge on any atom is -0.493 e. The summed E-state index contributed by atoms with van der Waals surface area (Å²) in [6.45, 7) is 0.453. The number of benzene rings is 1. The molecule has 0 saturated carbocycles. The molecule has 0 aliphatic heterocycles. The minimum absolute atomic E-state index is 0.234. The van der Waals surface area contributed by atoms with Gasteiger partial charge in [-0.2, -0.15) is 0 Å². The quantitative estimate of drug-likeness (QED) is 0.899. The minimum atomic E-state index is -0.372. The number of anilines is 1. The first-order valence-electron chi connectivity index (χ1n) is 5.80. The molecular formula is C14H15FN2O2. The van der Waals surface area contributed by atoms with Crippen molar-refractivity contribution < 1.29 is 13.9 Å². The van der Waals surface area contributed by atoms with E-state index in [1.165, 1.54) is 6.07 Å². The van der Waals surface area contributed by atoms with Gasteiger partial charge in [-0.1, -0.05) is 6.07 Å². The standard InChI is InChI=1S/C14H15FN2O2/c1-18-12-6-5-10(8-13(12)19-2)9-17-14-11(15)4-3-7-16-14/h3-8H,9H2,1-2H3,(H,16,17). The maximum atomic E-state index is 13.4. The predicted octanol–water partition coefficient (Wildman–Crippen LogP) is 2.85. The monoisotopic (exact) mass is 262 g/mol. The van der Waals surface area contributed by atoms with Gasteiger partial charge in [-0.05, 0) is 29.8 Å². The highest BCUT2D eigenvalue weighted by Crippen LogP contribution is 2.27. The van der Waals surface area contributed by atoms with Crippen molar-refractivity contribution in [3.8, 4) is 11.5 Å². The fourth-order valence-electron chi connectivity index (χ4n) is 1.69. The summed E-state index contributed by atoms with van der Waals surface area (Å²) in [4.78, 5) is 3.93. The fourth-order valence-corrected chi connectivity index (χ4v) is 1.69. The van der Waals surface area contributed by atoms with E-state index in [0.29, 0.717) is 18.0 Å². The van der Waals surface area contributed by atoms with E-state index in [1.54, 1.807) is 26.5 Å². The topological polar surface area (TPSA) is 43.4 Å². The summed E-state index contributed by atoms with van der Waals surface area (Å²) in [6, 6.07) is 8.45. The van der Waals surface area contributed by atoms with Gasteiger partial charge in [0.25, 0.3) is 0 Å². The van der Waals surface area contributed by atoms with Gasteiger partial charge in [0.05, 0.1) is 14.2 Å². The normalized spacial score (nSPS) is 10.1. The summed E-state index contributed by atoms with van der Waals surface area (Å²) in [5, 5.41) is 2.94. The van der Waals surface area contributed by atoms with E-state index in [0.717, 1.165) is 5.56 Å². The van der Waals surface area contributed by atoms with Crippen molar-refractivity contribution in [3.63, 3.8) is 0 Å². The van der Waals surface area contributed by atoms with Crippen LogP contribution < -0.4 is 14.8 Å². The van der Waals surface area contributed by atoms with Crippen LogP contribution in [-0.2, 0) is 6.54 Å². The number of hydrogen-bond acceptors (Lipinski definition) is 4. The summed E-state index contributed by atoms with van der Waals surface area (Å²) in [6.07, 6.45) is 1.54. The van der Waals surface area contributed by atoms with Crippen molar-refractivity contribution in [1.29, 1.82) is 0 Å². The number of hydrogen-bond donors (Lipinski definition) is 1. The number of rotatable bonds is 5. The number of halogens is 1. The number of nitrogens with zero attached hydrogens (tertiary/aromatic N) is 1. The Labute approximate surface area is 111 Å². The van der Waals surface area contributed by atoms with Crippen molar-refractivity contribution in [2.45, 2.75) is 6.54 Å². The molecule has 0 amide bonds. The van der Waals surface area contributed by atoms with Crippen LogP contribution in [0.4, 0.5) is 10.2 Å². The molecule has 1 aromatic carbocycles. The highest BCUT2D eigenvalue weighted by atomic mass is 19.1. The van der Waals surface area contributed by atoms with Gasteiger partial charge in [-0.15, -0.1) is 0 Å². The lowest BCUT2D eigenvalue weighted by molar-refractivity contribution is 0.354. The molecule has 1 N–H and O–H groups in total. The molecule has 0 aliphatic carbocycles.